The third-order valence-electron chi connectivity index (χ3n) is 3.21. The molecule has 0 aromatic heterocycles. The second-order valence-electron chi connectivity index (χ2n) is 5.22. The molecule has 0 heterocycles. The molecule has 0 fully saturated rings. The van der Waals surface area contributed by atoms with Crippen molar-refractivity contribution in [1.29, 1.82) is 0 Å². The van der Waals surface area contributed by atoms with Crippen molar-refractivity contribution in [2.75, 3.05) is 22.4 Å². The van der Waals surface area contributed by atoms with E-state index in [4.69, 9.17) is 11.6 Å². The number of sulfonamides is 1. The van der Waals surface area contributed by atoms with Crippen LogP contribution in [-0.4, -0.2) is 32.0 Å². The quantitative estimate of drug-likeness (QED) is 0.591. The van der Waals surface area contributed by atoms with Crippen LogP contribution in [0.4, 0.5) is 21.5 Å². The molecule has 0 bridgehead atoms. The lowest BCUT2D eigenvalue weighted by atomic mass is 10.2. The lowest BCUT2D eigenvalue weighted by Gasteiger charge is -2.22. The van der Waals surface area contributed by atoms with E-state index in [1.54, 1.807) is 6.07 Å². The maximum Gasteiger partial charge on any atom is 0.306 e. The fraction of sp³-hybridized carbons (Fsp3) is 0.133. The molecule has 8 nitrogen and oxygen atoms in total. The number of hydrogen-bond acceptors (Lipinski definition) is 5. The van der Waals surface area contributed by atoms with Crippen LogP contribution in [-0.2, 0) is 14.8 Å². The average molecular weight is 402 g/mol. The standard InChI is InChI=1S/C15H13ClFN3O5S/c1-26(24,25)19(12-4-2-3-10(16)7-12)9-15(21)18-11-5-6-13(17)14(8-11)20(22)23/h2-8H,9H2,1H3,(H,18,21). The van der Waals surface area contributed by atoms with Gasteiger partial charge >= 0.3 is 5.69 Å². The number of carbonyl (C=O) groups excluding carboxylic acids is 1. The molecule has 0 aliphatic heterocycles. The minimum atomic E-state index is -3.80. The van der Waals surface area contributed by atoms with Crippen LogP contribution >= 0.6 is 11.6 Å². The lowest BCUT2D eigenvalue weighted by Crippen LogP contribution is -2.37. The van der Waals surface area contributed by atoms with E-state index in [-0.39, 0.29) is 16.4 Å². The van der Waals surface area contributed by atoms with Gasteiger partial charge in [0.25, 0.3) is 0 Å². The number of halogens is 2. The van der Waals surface area contributed by atoms with Gasteiger partial charge in [-0.3, -0.25) is 19.2 Å². The summed E-state index contributed by atoms with van der Waals surface area (Å²) in [5.74, 6) is -1.82. The first kappa shape index (κ1) is 19.6. The Hall–Kier alpha value is -2.72. The van der Waals surface area contributed by atoms with Crippen LogP contribution in [0.1, 0.15) is 0 Å². The van der Waals surface area contributed by atoms with Crippen LogP contribution in [0.25, 0.3) is 0 Å². The Kier molecular flexibility index (Phi) is 5.78. The van der Waals surface area contributed by atoms with Gasteiger partial charge in [0.2, 0.25) is 21.7 Å². The number of nitrogens with zero attached hydrogens (tertiary/aromatic N) is 2. The number of benzene rings is 2. The monoisotopic (exact) mass is 401 g/mol. The second-order valence-corrected chi connectivity index (χ2v) is 7.56. The van der Waals surface area contributed by atoms with Crippen molar-refractivity contribution in [3.05, 3.63) is 63.4 Å². The van der Waals surface area contributed by atoms with Gasteiger partial charge in [0.05, 0.1) is 16.9 Å². The molecule has 11 heteroatoms. The first-order chi connectivity index (χ1) is 12.1. The van der Waals surface area contributed by atoms with E-state index >= 15 is 0 Å². The van der Waals surface area contributed by atoms with Crippen molar-refractivity contribution in [2.24, 2.45) is 0 Å². The van der Waals surface area contributed by atoms with Gasteiger partial charge in [0.1, 0.15) is 6.54 Å². The SMILES string of the molecule is CS(=O)(=O)N(CC(=O)Nc1ccc(F)c([N+](=O)[O-])c1)c1cccc(Cl)c1. The molecule has 1 N–H and O–H groups in total. The fourth-order valence-electron chi connectivity index (χ4n) is 2.09. The normalized spacial score (nSPS) is 11.0. The highest BCUT2D eigenvalue weighted by molar-refractivity contribution is 7.92. The van der Waals surface area contributed by atoms with E-state index in [1.165, 1.54) is 18.2 Å². The molecule has 0 aliphatic rings. The number of nitro groups is 1. The van der Waals surface area contributed by atoms with Crippen LogP contribution in [0.3, 0.4) is 0 Å². The highest BCUT2D eigenvalue weighted by atomic mass is 35.5. The van der Waals surface area contributed by atoms with Crippen molar-refractivity contribution in [1.82, 2.24) is 0 Å². The third kappa shape index (κ3) is 4.90. The van der Waals surface area contributed by atoms with Gasteiger partial charge in [0, 0.05) is 16.8 Å². The van der Waals surface area contributed by atoms with E-state index in [9.17, 15) is 27.7 Å². The number of carbonyl (C=O) groups is 1. The number of hydrogen-bond donors (Lipinski definition) is 1. The summed E-state index contributed by atoms with van der Waals surface area (Å²) < 4.78 is 38.1. The molecule has 0 spiro atoms. The summed E-state index contributed by atoms with van der Waals surface area (Å²) in [5, 5.41) is 13.3. The van der Waals surface area contributed by atoms with E-state index in [0.29, 0.717) is 0 Å². The van der Waals surface area contributed by atoms with Gasteiger partial charge in [-0.2, -0.15) is 4.39 Å². The van der Waals surface area contributed by atoms with Crippen molar-refractivity contribution >= 4 is 44.6 Å². The number of rotatable bonds is 6. The second kappa shape index (κ2) is 7.67. The van der Waals surface area contributed by atoms with E-state index < -0.39 is 38.9 Å². The highest BCUT2D eigenvalue weighted by Crippen LogP contribution is 2.23. The van der Waals surface area contributed by atoms with E-state index in [2.05, 4.69) is 5.32 Å². The van der Waals surface area contributed by atoms with Gasteiger partial charge in [-0.25, -0.2) is 8.42 Å². The van der Waals surface area contributed by atoms with Crippen molar-refractivity contribution in [2.45, 2.75) is 0 Å². The van der Waals surface area contributed by atoms with Gasteiger partial charge in [0.15, 0.2) is 0 Å². The zero-order valence-electron chi connectivity index (χ0n) is 13.3. The minimum absolute atomic E-state index is 0.0392. The van der Waals surface area contributed by atoms with Crippen molar-refractivity contribution < 1.29 is 22.5 Å². The lowest BCUT2D eigenvalue weighted by molar-refractivity contribution is -0.387. The Morgan fingerprint density at radius 2 is 2.00 bits per heavy atom. The van der Waals surface area contributed by atoms with Crippen LogP contribution in [0.5, 0.6) is 0 Å². The number of nitro benzene ring substituents is 1. The van der Waals surface area contributed by atoms with Crippen molar-refractivity contribution in [3.8, 4) is 0 Å². The predicted octanol–water partition coefficient (Wildman–Crippen LogP) is 2.79. The maximum absolute atomic E-state index is 13.3. The molecule has 2 aromatic carbocycles. The Balaban J connectivity index is 2.23. The van der Waals surface area contributed by atoms with E-state index in [0.717, 1.165) is 28.8 Å². The zero-order chi connectivity index (χ0) is 19.5. The molecule has 0 radical (unpaired) electrons. The van der Waals surface area contributed by atoms with Gasteiger partial charge < -0.3 is 5.32 Å². The maximum atomic E-state index is 13.3. The summed E-state index contributed by atoms with van der Waals surface area (Å²) in [6.07, 6.45) is 0.921. The molecule has 26 heavy (non-hydrogen) atoms. The van der Waals surface area contributed by atoms with Gasteiger partial charge in [-0.1, -0.05) is 17.7 Å². The zero-order valence-corrected chi connectivity index (χ0v) is 14.9. The summed E-state index contributed by atoms with van der Waals surface area (Å²) in [4.78, 5) is 22.0. The molecule has 2 aromatic rings. The Morgan fingerprint density at radius 3 is 2.58 bits per heavy atom. The van der Waals surface area contributed by atoms with Gasteiger partial charge in [-0.05, 0) is 30.3 Å². The summed E-state index contributed by atoms with van der Waals surface area (Å²) in [6.45, 7) is -0.593. The first-order valence-corrected chi connectivity index (χ1v) is 9.27. The molecular formula is C15H13ClFN3O5S. The molecule has 2 rings (SSSR count). The first-order valence-electron chi connectivity index (χ1n) is 7.05. The van der Waals surface area contributed by atoms with Crippen LogP contribution in [0.15, 0.2) is 42.5 Å². The average Bonchev–Trinajstić information content (AvgIpc) is 2.53. The smallest absolute Gasteiger partial charge is 0.306 e. The molecule has 0 saturated heterocycles. The van der Waals surface area contributed by atoms with Crippen LogP contribution in [0, 0.1) is 15.9 Å². The molecule has 0 aliphatic carbocycles. The van der Waals surface area contributed by atoms with Gasteiger partial charge in [-0.15, -0.1) is 0 Å². The number of nitrogens with one attached hydrogen (secondary N) is 1. The molecular weight excluding hydrogens is 389 g/mol. The molecule has 138 valence electrons. The molecule has 1 amide bonds. The fourth-order valence-corrected chi connectivity index (χ4v) is 3.13. The largest absolute Gasteiger partial charge is 0.324 e. The molecule has 0 saturated carbocycles. The topological polar surface area (TPSA) is 110 Å². The minimum Gasteiger partial charge on any atom is -0.324 e. The summed E-state index contributed by atoms with van der Waals surface area (Å²) in [6, 6.07) is 8.71. The van der Waals surface area contributed by atoms with Crippen LogP contribution < -0.4 is 9.62 Å². The summed E-state index contributed by atoms with van der Waals surface area (Å²) >= 11 is 5.85. The number of amides is 1. The number of anilines is 2. The molecule has 0 unspecified atom stereocenters. The Labute approximate surface area is 153 Å². The predicted molar refractivity (Wildman–Crippen MR) is 95.3 cm³/mol. The van der Waals surface area contributed by atoms with E-state index in [1.807, 2.05) is 0 Å². The van der Waals surface area contributed by atoms with Crippen molar-refractivity contribution in [3.63, 3.8) is 0 Å². The highest BCUT2D eigenvalue weighted by Gasteiger charge is 2.22. The summed E-state index contributed by atoms with van der Waals surface area (Å²) in [5.41, 5.74) is -0.666. The Morgan fingerprint density at radius 1 is 1.31 bits per heavy atom. The molecule has 0 atom stereocenters. The van der Waals surface area contributed by atoms with Crippen LogP contribution in [0.2, 0.25) is 5.02 Å². The third-order valence-corrected chi connectivity index (χ3v) is 4.59. The summed E-state index contributed by atoms with van der Waals surface area (Å²) in [7, 11) is -3.80. The Bertz CT molecular complexity index is 968.